The third kappa shape index (κ3) is 3.12. The van der Waals surface area contributed by atoms with Crippen molar-refractivity contribution in [3.63, 3.8) is 0 Å². The molecule has 3 nitrogen and oxygen atoms in total. The van der Waals surface area contributed by atoms with Gasteiger partial charge in [-0.2, -0.15) is 0 Å². The molecular weight excluding hydrogens is 308 g/mol. The van der Waals surface area contributed by atoms with E-state index in [0.29, 0.717) is 0 Å². The molecule has 0 amide bonds. The van der Waals surface area contributed by atoms with E-state index < -0.39 is 0 Å². The van der Waals surface area contributed by atoms with Crippen molar-refractivity contribution in [3.8, 4) is 0 Å². The van der Waals surface area contributed by atoms with Gasteiger partial charge in [0, 0.05) is 30.1 Å². The zero-order valence-corrected chi connectivity index (χ0v) is 14.7. The Morgan fingerprint density at radius 3 is 2.56 bits per heavy atom. The molecule has 3 aromatic rings. The standard InChI is InChI=1S/C22H24N2O/c1-22(18-8-3-2-4-9-18)12-7-13-24(16-22)15-17-14-23-21(25)20-11-6-5-10-19(17)20/h2-6,8-11,14H,7,12-13,15-16H2,1H3,(H,23,25). The third-order valence-electron chi connectivity index (χ3n) is 5.54. The summed E-state index contributed by atoms with van der Waals surface area (Å²) in [7, 11) is 0. The van der Waals surface area contributed by atoms with Gasteiger partial charge in [0.05, 0.1) is 0 Å². The number of rotatable bonds is 3. The largest absolute Gasteiger partial charge is 0.328 e. The van der Waals surface area contributed by atoms with Gasteiger partial charge in [-0.25, -0.2) is 0 Å². The number of hydrogen-bond acceptors (Lipinski definition) is 2. The maximum Gasteiger partial charge on any atom is 0.255 e. The van der Waals surface area contributed by atoms with Crippen molar-refractivity contribution in [3.05, 3.63) is 82.3 Å². The molecule has 2 aromatic carbocycles. The van der Waals surface area contributed by atoms with Gasteiger partial charge in [0.2, 0.25) is 0 Å². The molecule has 1 fully saturated rings. The number of H-pyrrole nitrogens is 1. The van der Waals surface area contributed by atoms with Gasteiger partial charge in [-0.1, -0.05) is 55.5 Å². The molecule has 1 saturated heterocycles. The summed E-state index contributed by atoms with van der Waals surface area (Å²) in [5.74, 6) is 0. The lowest BCUT2D eigenvalue weighted by atomic mass is 9.76. The minimum atomic E-state index is -0.00730. The molecule has 0 aliphatic carbocycles. The van der Waals surface area contributed by atoms with Crippen LogP contribution < -0.4 is 5.56 Å². The fraction of sp³-hybridized carbons (Fsp3) is 0.318. The summed E-state index contributed by atoms with van der Waals surface area (Å²) < 4.78 is 0. The van der Waals surface area contributed by atoms with Crippen LogP contribution in [0.4, 0.5) is 0 Å². The number of hydrogen-bond donors (Lipinski definition) is 1. The van der Waals surface area contributed by atoms with Crippen molar-refractivity contribution in [1.29, 1.82) is 0 Å². The van der Waals surface area contributed by atoms with Crippen molar-refractivity contribution in [2.45, 2.75) is 31.7 Å². The van der Waals surface area contributed by atoms with E-state index in [4.69, 9.17) is 0 Å². The number of benzene rings is 2. The summed E-state index contributed by atoms with van der Waals surface area (Å²) in [4.78, 5) is 17.5. The van der Waals surface area contributed by atoms with Crippen molar-refractivity contribution in [2.24, 2.45) is 0 Å². The molecule has 3 heteroatoms. The number of fused-ring (bicyclic) bond motifs is 1. The van der Waals surface area contributed by atoms with Gasteiger partial charge in [0.1, 0.15) is 0 Å². The third-order valence-corrected chi connectivity index (χ3v) is 5.54. The molecule has 0 radical (unpaired) electrons. The Morgan fingerprint density at radius 1 is 1.04 bits per heavy atom. The van der Waals surface area contributed by atoms with E-state index in [-0.39, 0.29) is 11.0 Å². The second-order valence-corrected chi connectivity index (χ2v) is 7.43. The molecular formula is C22H24N2O. The van der Waals surface area contributed by atoms with Crippen LogP contribution in [-0.4, -0.2) is 23.0 Å². The first-order valence-corrected chi connectivity index (χ1v) is 9.03. The van der Waals surface area contributed by atoms with Crippen LogP contribution in [0, 0.1) is 0 Å². The lowest BCUT2D eigenvalue weighted by Gasteiger charge is -2.41. The number of aromatic amines is 1. The van der Waals surface area contributed by atoms with Crippen LogP contribution in [0.25, 0.3) is 10.8 Å². The summed E-state index contributed by atoms with van der Waals surface area (Å²) in [5.41, 5.74) is 2.81. The molecule has 0 saturated carbocycles. The Morgan fingerprint density at radius 2 is 1.76 bits per heavy atom. The van der Waals surface area contributed by atoms with Gasteiger partial charge in [-0.05, 0) is 42.0 Å². The first kappa shape index (κ1) is 16.1. The predicted molar refractivity (Wildman–Crippen MR) is 103 cm³/mol. The fourth-order valence-electron chi connectivity index (χ4n) is 4.20. The van der Waals surface area contributed by atoms with Gasteiger partial charge in [0.25, 0.3) is 5.56 Å². The summed E-state index contributed by atoms with van der Waals surface area (Å²) >= 11 is 0. The molecule has 0 bridgehead atoms. The van der Waals surface area contributed by atoms with Crippen LogP contribution in [0.15, 0.2) is 65.6 Å². The monoisotopic (exact) mass is 332 g/mol. The second kappa shape index (κ2) is 6.49. The highest BCUT2D eigenvalue weighted by Gasteiger charge is 2.32. The van der Waals surface area contributed by atoms with Crippen LogP contribution >= 0.6 is 0 Å². The summed E-state index contributed by atoms with van der Waals surface area (Å²) in [6.07, 6.45) is 4.31. The minimum absolute atomic E-state index is 0.00730. The highest BCUT2D eigenvalue weighted by atomic mass is 16.1. The van der Waals surface area contributed by atoms with Crippen molar-refractivity contribution >= 4 is 10.8 Å². The Balaban J connectivity index is 1.62. The molecule has 1 N–H and O–H groups in total. The molecule has 0 spiro atoms. The van der Waals surface area contributed by atoms with Crippen molar-refractivity contribution < 1.29 is 0 Å². The first-order chi connectivity index (χ1) is 12.2. The topological polar surface area (TPSA) is 36.1 Å². The van der Waals surface area contributed by atoms with Gasteiger partial charge >= 0.3 is 0 Å². The number of aromatic nitrogens is 1. The summed E-state index contributed by atoms with van der Waals surface area (Å²) in [6, 6.07) is 18.7. The highest BCUT2D eigenvalue weighted by Crippen LogP contribution is 2.34. The molecule has 2 heterocycles. The Labute approximate surface area is 148 Å². The Hall–Kier alpha value is -2.39. The van der Waals surface area contributed by atoms with Crippen LogP contribution in [0.1, 0.15) is 30.9 Å². The van der Waals surface area contributed by atoms with Crippen LogP contribution in [0.3, 0.4) is 0 Å². The number of nitrogens with one attached hydrogen (secondary N) is 1. The summed E-state index contributed by atoms with van der Waals surface area (Å²) in [6.45, 7) is 5.40. The van der Waals surface area contributed by atoms with Crippen LogP contribution in [-0.2, 0) is 12.0 Å². The van der Waals surface area contributed by atoms with E-state index in [1.165, 1.54) is 24.0 Å². The lowest BCUT2D eigenvalue weighted by Crippen LogP contribution is -2.43. The average Bonchev–Trinajstić information content (AvgIpc) is 2.65. The molecule has 4 rings (SSSR count). The first-order valence-electron chi connectivity index (χ1n) is 9.03. The number of nitrogens with zero attached hydrogens (tertiary/aromatic N) is 1. The summed E-state index contributed by atoms with van der Waals surface area (Å²) in [5, 5.41) is 1.85. The normalized spacial score (nSPS) is 21.5. The molecule has 1 aromatic heterocycles. The van der Waals surface area contributed by atoms with Gasteiger partial charge in [-0.3, -0.25) is 9.69 Å². The van der Waals surface area contributed by atoms with E-state index in [9.17, 15) is 4.79 Å². The molecule has 1 unspecified atom stereocenters. The molecule has 1 aliphatic heterocycles. The molecule has 1 atom stereocenters. The van der Waals surface area contributed by atoms with Crippen LogP contribution in [0.2, 0.25) is 0 Å². The van der Waals surface area contributed by atoms with E-state index in [1.54, 1.807) is 0 Å². The van der Waals surface area contributed by atoms with E-state index in [0.717, 1.165) is 30.4 Å². The van der Waals surface area contributed by atoms with Gasteiger partial charge < -0.3 is 4.98 Å². The van der Waals surface area contributed by atoms with Crippen molar-refractivity contribution in [2.75, 3.05) is 13.1 Å². The second-order valence-electron chi connectivity index (χ2n) is 7.43. The van der Waals surface area contributed by atoms with Crippen LogP contribution in [0.5, 0.6) is 0 Å². The van der Waals surface area contributed by atoms with E-state index in [2.05, 4.69) is 53.2 Å². The molecule has 25 heavy (non-hydrogen) atoms. The lowest BCUT2D eigenvalue weighted by molar-refractivity contribution is 0.150. The molecule has 128 valence electrons. The Kier molecular flexibility index (Phi) is 4.18. The smallest absolute Gasteiger partial charge is 0.255 e. The number of pyridine rings is 1. The van der Waals surface area contributed by atoms with Gasteiger partial charge in [0.15, 0.2) is 0 Å². The SMILES string of the molecule is CC1(c2ccccc2)CCCN(Cc2c[nH]c(=O)c3ccccc23)C1. The zero-order chi connectivity index (χ0) is 17.3. The maximum absolute atomic E-state index is 12.0. The van der Waals surface area contributed by atoms with E-state index in [1.807, 2.05) is 24.4 Å². The number of likely N-dealkylation sites (tertiary alicyclic amines) is 1. The fourth-order valence-corrected chi connectivity index (χ4v) is 4.20. The molecule has 1 aliphatic rings. The predicted octanol–water partition coefficient (Wildman–Crippen LogP) is 4.08. The Bertz CT molecular complexity index is 931. The van der Waals surface area contributed by atoms with E-state index >= 15 is 0 Å². The van der Waals surface area contributed by atoms with Gasteiger partial charge in [-0.15, -0.1) is 0 Å². The number of piperidine rings is 1. The average molecular weight is 332 g/mol. The highest BCUT2D eigenvalue weighted by molar-refractivity contribution is 5.84. The zero-order valence-electron chi connectivity index (χ0n) is 14.7. The maximum atomic E-state index is 12.0. The van der Waals surface area contributed by atoms with Crippen molar-refractivity contribution in [1.82, 2.24) is 9.88 Å². The minimum Gasteiger partial charge on any atom is -0.328 e. The quantitative estimate of drug-likeness (QED) is 0.784.